The molecule has 0 saturated heterocycles. The summed E-state index contributed by atoms with van der Waals surface area (Å²) >= 11 is 0. The Morgan fingerprint density at radius 2 is 0.553 bits per heavy atom. The van der Waals surface area contributed by atoms with Gasteiger partial charge in [0.1, 0.15) is 55.7 Å². The molecule has 14 aromatic heterocycles. The van der Waals surface area contributed by atoms with E-state index in [0.29, 0.717) is 22.9 Å². The number of para-hydroxylation sites is 12. The predicted octanol–water partition coefficient (Wildman–Crippen LogP) is 29.2. The number of hydrogen-bond acceptors (Lipinski definition) is 13. The van der Waals surface area contributed by atoms with Crippen molar-refractivity contribution in [3.8, 4) is 28.4 Å². The Labute approximate surface area is 745 Å². The standard InChI is InChI=1S/C34H20N4O.C28H15N3O2.2C26H15N3O/c1-5-13-26-21(9-1)22-10-2-6-14-27(22)37(26)30-18-17-25-31-34(36-20-19-35-31)39-33(25)32(30)38-28-15-7-3-11-23(28)24-12-4-8-16-29(24)38;1-3-7-21-19(6-1)25-22(12-11-18-17-5-2-4-8-23(17)32-27(18)25)31(21)16-9-10-20-24(15-16)33-28-26(20)29-13-14-30-28;1-5-11-22-17(7-1)18-8-2-6-12-23(18)29(22)16-13-14-19-24(15-16)30-26-25(19)27-20-9-3-4-10-21(20)28-26;1-2-10-19-18(9-1)22(15-23-24(19)25-26(30-23)28-14-13-27-25)29-20-11-5-3-7-16(20)17-8-4-6-12-21(17)29/h1-20H;1-15H;2*1-15H. The van der Waals surface area contributed by atoms with Crippen LogP contribution < -0.4 is 0 Å². The smallest absolute Gasteiger partial charge is 0.246 e. The van der Waals surface area contributed by atoms with Crippen LogP contribution in [0.25, 0.3) is 270 Å². The van der Waals surface area contributed by atoms with Crippen LogP contribution >= 0.6 is 0 Å². The number of hydrogen-bond donors (Lipinski definition) is 0. The van der Waals surface area contributed by atoms with Gasteiger partial charge in [0, 0.05) is 142 Å². The van der Waals surface area contributed by atoms with Gasteiger partial charge in [0.05, 0.1) is 93.7 Å². The molecular weight excluding hydrogens is 1630 g/mol. The number of aromatic nitrogens is 13. The molecule has 17 aromatic carbocycles. The second-order valence-electron chi connectivity index (χ2n) is 33.2. The maximum Gasteiger partial charge on any atom is 0.246 e. The molecule has 0 N–H and O–H groups in total. The van der Waals surface area contributed by atoms with E-state index in [2.05, 4.69) is 379 Å². The summed E-state index contributed by atoms with van der Waals surface area (Å²) in [6.45, 7) is 0. The lowest BCUT2D eigenvalue weighted by molar-refractivity contribution is 0.650. The van der Waals surface area contributed by atoms with Crippen molar-refractivity contribution in [3.63, 3.8) is 0 Å². The zero-order valence-electron chi connectivity index (χ0n) is 69.9. The second kappa shape index (κ2) is 28.5. The van der Waals surface area contributed by atoms with Crippen molar-refractivity contribution in [2.24, 2.45) is 0 Å². The maximum absolute atomic E-state index is 6.56. The Kier molecular flexibility index (Phi) is 15.8. The molecule has 0 atom stereocenters. The maximum atomic E-state index is 6.56. The molecule has 0 fully saturated rings. The van der Waals surface area contributed by atoms with Crippen LogP contribution in [0.2, 0.25) is 0 Å². The molecule has 0 saturated carbocycles. The van der Waals surface area contributed by atoms with Crippen LogP contribution in [0.5, 0.6) is 0 Å². The van der Waals surface area contributed by atoms with Gasteiger partial charge < -0.3 is 44.9 Å². The highest BCUT2D eigenvalue weighted by molar-refractivity contribution is 6.25. The third-order valence-corrected chi connectivity index (χ3v) is 26.1. The fourth-order valence-electron chi connectivity index (χ4n) is 20.6. The normalized spacial score (nSPS) is 12.1. The fraction of sp³-hybridized carbons (Fsp3) is 0. The van der Waals surface area contributed by atoms with E-state index in [1.807, 2.05) is 36.4 Å². The van der Waals surface area contributed by atoms with Crippen molar-refractivity contribution < 1.29 is 22.1 Å². The van der Waals surface area contributed by atoms with Gasteiger partial charge in [0.25, 0.3) is 0 Å². The van der Waals surface area contributed by atoms with Crippen molar-refractivity contribution in [1.29, 1.82) is 0 Å². The number of furan rings is 5. The van der Waals surface area contributed by atoms with E-state index < -0.39 is 0 Å². The lowest BCUT2D eigenvalue weighted by Gasteiger charge is -2.17. The molecular formula is C114H65N13O5. The summed E-state index contributed by atoms with van der Waals surface area (Å²) in [5.74, 6) is 0. The van der Waals surface area contributed by atoms with Crippen molar-refractivity contribution >= 4 is 242 Å². The summed E-state index contributed by atoms with van der Waals surface area (Å²) in [5.41, 5.74) is 28.7. The molecule has 616 valence electrons. The van der Waals surface area contributed by atoms with Crippen LogP contribution in [0.3, 0.4) is 0 Å². The van der Waals surface area contributed by atoms with Gasteiger partial charge in [0.15, 0.2) is 5.58 Å². The van der Waals surface area contributed by atoms with E-state index in [1.54, 1.807) is 37.2 Å². The summed E-state index contributed by atoms with van der Waals surface area (Å²) in [6, 6.07) is 125. The topological polar surface area (TPSA) is 193 Å². The number of fused-ring (bicyclic) bond motifs is 34. The molecule has 18 heteroatoms. The molecule has 0 aliphatic carbocycles. The molecule has 14 heterocycles. The Bertz CT molecular complexity index is 10100. The fourth-order valence-corrected chi connectivity index (χ4v) is 20.6. The summed E-state index contributed by atoms with van der Waals surface area (Å²) in [7, 11) is 0. The molecule has 0 bridgehead atoms. The van der Waals surface area contributed by atoms with E-state index >= 15 is 0 Å². The summed E-state index contributed by atoms with van der Waals surface area (Å²) in [4.78, 5) is 36.3. The van der Waals surface area contributed by atoms with Gasteiger partial charge in [-0.1, -0.05) is 218 Å². The van der Waals surface area contributed by atoms with Gasteiger partial charge >= 0.3 is 0 Å². The minimum Gasteiger partial charge on any atom is -0.455 e. The van der Waals surface area contributed by atoms with Crippen molar-refractivity contribution in [2.75, 3.05) is 0 Å². The summed E-state index contributed by atoms with van der Waals surface area (Å²) < 4.78 is 42.8. The predicted molar refractivity (Wildman–Crippen MR) is 531 cm³/mol. The minimum absolute atomic E-state index is 0.536. The number of rotatable bonds is 5. The summed E-state index contributed by atoms with van der Waals surface area (Å²) in [5, 5.41) is 20.5. The lowest BCUT2D eigenvalue weighted by atomic mass is 10.0. The lowest BCUT2D eigenvalue weighted by Crippen LogP contribution is -2.04. The third-order valence-electron chi connectivity index (χ3n) is 26.1. The molecule has 0 aliphatic rings. The van der Waals surface area contributed by atoms with Crippen LogP contribution in [0, 0.1) is 0 Å². The highest BCUT2D eigenvalue weighted by atomic mass is 16.4. The zero-order valence-corrected chi connectivity index (χ0v) is 69.9. The number of nitrogens with zero attached hydrogens (tertiary/aromatic N) is 13. The first kappa shape index (κ1) is 72.8. The van der Waals surface area contributed by atoms with Gasteiger partial charge in [0.2, 0.25) is 22.9 Å². The van der Waals surface area contributed by atoms with Crippen LogP contribution in [0.4, 0.5) is 0 Å². The Balaban J connectivity index is 0.0000000886. The summed E-state index contributed by atoms with van der Waals surface area (Å²) in [6.07, 6.45) is 10.1. The molecule has 0 radical (unpaired) electrons. The van der Waals surface area contributed by atoms with Gasteiger partial charge in [-0.15, -0.1) is 0 Å². The van der Waals surface area contributed by atoms with E-state index in [1.165, 1.54) is 65.2 Å². The first-order valence-electron chi connectivity index (χ1n) is 43.7. The van der Waals surface area contributed by atoms with Crippen LogP contribution in [-0.2, 0) is 0 Å². The first-order chi connectivity index (χ1) is 65.5. The molecule has 0 spiro atoms. The number of benzene rings is 17. The largest absolute Gasteiger partial charge is 0.455 e. The quantitative estimate of drug-likeness (QED) is 0.158. The van der Waals surface area contributed by atoms with Crippen molar-refractivity contribution in [2.45, 2.75) is 0 Å². The van der Waals surface area contributed by atoms with Gasteiger partial charge in [-0.25, -0.2) is 39.9 Å². The molecule has 31 aromatic rings. The minimum atomic E-state index is 0.536. The Morgan fingerprint density at radius 3 is 1.10 bits per heavy atom. The zero-order chi connectivity index (χ0) is 86.3. The molecule has 132 heavy (non-hydrogen) atoms. The monoisotopic (exact) mass is 1700 g/mol. The van der Waals surface area contributed by atoms with Crippen LogP contribution in [0.15, 0.2) is 417 Å². The van der Waals surface area contributed by atoms with E-state index in [4.69, 9.17) is 27.1 Å². The first-order valence-corrected chi connectivity index (χ1v) is 43.7. The highest BCUT2D eigenvalue weighted by Gasteiger charge is 2.28. The molecule has 31 rings (SSSR count). The average Bonchev–Trinajstić information content (AvgIpc) is 1.60. The van der Waals surface area contributed by atoms with Crippen LogP contribution in [-0.4, -0.2) is 62.7 Å². The second-order valence-corrected chi connectivity index (χ2v) is 33.2. The van der Waals surface area contributed by atoms with Crippen molar-refractivity contribution in [1.82, 2.24) is 62.7 Å². The van der Waals surface area contributed by atoms with Gasteiger partial charge in [-0.2, -0.15) is 0 Å². The molecule has 0 amide bonds. The molecule has 0 aliphatic heterocycles. The Morgan fingerprint density at radius 1 is 0.182 bits per heavy atom. The highest BCUT2D eigenvalue weighted by Crippen LogP contribution is 2.47. The third kappa shape index (κ3) is 10.9. The van der Waals surface area contributed by atoms with Gasteiger partial charge in [-0.3, -0.25) is 0 Å². The van der Waals surface area contributed by atoms with E-state index in [-0.39, 0.29) is 0 Å². The molecule has 0 unspecified atom stereocenters. The van der Waals surface area contributed by atoms with E-state index in [9.17, 15) is 0 Å². The molecule has 18 nitrogen and oxygen atoms in total. The van der Waals surface area contributed by atoms with Crippen molar-refractivity contribution in [3.05, 3.63) is 395 Å². The van der Waals surface area contributed by atoms with E-state index in [0.717, 1.165) is 182 Å². The Hall–Kier alpha value is -18.4. The average molecular weight is 1700 g/mol. The van der Waals surface area contributed by atoms with Crippen LogP contribution in [0.1, 0.15) is 0 Å². The van der Waals surface area contributed by atoms with Gasteiger partial charge in [-0.05, 0) is 127 Å². The SMILES string of the molecule is c1ccc2c(c1)c(-n1c3ccccc3c3ccccc31)cc1oc3nccnc3c12.c1ccc2c(c1)c1ccccc1n2-c1ccc2c(oc3nccnc32)c1-n1c2ccccc2c2ccccc21.c1ccc2c(c1)oc1c2ccc2c1c1ccccc1n2-c1ccc2c(c1)oc1nccnc12.c1ccc2nc3c(nc2c1)oc1cc(-n2c4ccccc4c4ccccc42)ccc13.